The summed E-state index contributed by atoms with van der Waals surface area (Å²) in [5.41, 5.74) is 5.85. The first-order valence-electron chi connectivity index (χ1n) is 3.31. The van der Waals surface area contributed by atoms with E-state index in [4.69, 9.17) is 5.73 Å². The first-order valence-corrected chi connectivity index (χ1v) is 3.31. The molecule has 2 nitrogen and oxygen atoms in total. The Morgan fingerprint density at radius 3 is 2.67 bits per heavy atom. The van der Waals surface area contributed by atoms with Crippen molar-refractivity contribution in [2.75, 3.05) is 6.54 Å². The van der Waals surface area contributed by atoms with Gasteiger partial charge in [0.2, 0.25) is 0 Å². The van der Waals surface area contributed by atoms with Crippen molar-refractivity contribution >= 4 is 0 Å². The Labute approximate surface area is 56.1 Å². The summed E-state index contributed by atoms with van der Waals surface area (Å²) in [5, 5.41) is 3.03. The van der Waals surface area contributed by atoms with Crippen molar-refractivity contribution in [3.63, 3.8) is 0 Å². The molecule has 0 heterocycles. The van der Waals surface area contributed by atoms with Gasteiger partial charge in [0.25, 0.3) is 0 Å². The fourth-order valence-corrected chi connectivity index (χ4v) is 0.717. The summed E-state index contributed by atoms with van der Waals surface area (Å²) in [5.74, 6) is 0.586. The SMILES string of the molecule is C=C(N)NCC1(C)CC1. The number of nitrogens with one attached hydrogen (secondary N) is 1. The molecule has 0 aromatic carbocycles. The van der Waals surface area contributed by atoms with Gasteiger partial charge in [-0.05, 0) is 18.3 Å². The van der Waals surface area contributed by atoms with Gasteiger partial charge in [0.1, 0.15) is 0 Å². The van der Waals surface area contributed by atoms with Gasteiger partial charge in [0.15, 0.2) is 0 Å². The average molecular weight is 126 g/mol. The van der Waals surface area contributed by atoms with Gasteiger partial charge in [0.05, 0.1) is 5.82 Å². The highest BCUT2D eigenvalue weighted by Crippen LogP contribution is 2.44. The van der Waals surface area contributed by atoms with Crippen LogP contribution >= 0.6 is 0 Å². The second kappa shape index (κ2) is 1.94. The van der Waals surface area contributed by atoms with E-state index in [0.29, 0.717) is 11.2 Å². The molecule has 1 rings (SSSR count). The molecule has 1 fully saturated rings. The molecule has 2 heteroatoms. The van der Waals surface area contributed by atoms with Crippen molar-refractivity contribution in [2.24, 2.45) is 11.1 Å². The summed E-state index contributed by atoms with van der Waals surface area (Å²) in [6.45, 7) is 6.79. The lowest BCUT2D eigenvalue weighted by atomic mass is 10.1. The minimum Gasteiger partial charge on any atom is -0.386 e. The summed E-state index contributed by atoms with van der Waals surface area (Å²) in [6, 6.07) is 0. The van der Waals surface area contributed by atoms with Crippen molar-refractivity contribution in [1.29, 1.82) is 0 Å². The minimum absolute atomic E-state index is 0.530. The normalized spacial score (nSPS) is 21.0. The monoisotopic (exact) mass is 126 g/mol. The van der Waals surface area contributed by atoms with E-state index in [2.05, 4.69) is 18.8 Å². The zero-order chi connectivity index (χ0) is 6.91. The van der Waals surface area contributed by atoms with E-state index in [-0.39, 0.29) is 0 Å². The van der Waals surface area contributed by atoms with Crippen LogP contribution in [0.2, 0.25) is 0 Å². The fraction of sp³-hybridized carbons (Fsp3) is 0.714. The van der Waals surface area contributed by atoms with Crippen LogP contribution in [0.15, 0.2) is 12.4 Å². The molecule has 0 spiro atoms. The molecular formula is C7H14N2. The molecule has 0 bridgehead atoms. The Morgan fingerprint density at radius 1 is 1.78 bits per heavy atom. The van der Waals surface area contributed by atoms with Gasteiger partial charge >= 0.3 is 0 Å². The summed E-state index contributed by atoms with van der Waals surface area (Å²) >= 11 is 0. The summed E-state index contributed by atoms with van der Waals surface area (Å²) in [6.07, 6.45) is 2.65. The number of nitrogens with two attached hydrogens (primary N) is 1. The van der Waals surface area contributed by atoms with E-state index in [1.807, 2.05) is 0 Å². The molecule has 0 amide bonds. The maximum absolute atomic E-state index is 5.32. The predicted molar refractivity (Wildman–Crippen MR) is 38.7 cm³/mol. The topological polar surface area (TPSA) is 38.0 Å². The molecule has 3 N–H and O–H groups in total. The lowest BCUT2D eigenvalue weighted by Gasteiger charge is -2.09. The Kier molecular flexibility index (Phi) is 1.39. The quantitative estimate of drug-likeness (QED) is 0.587. The minimum atomic E-state index is 0.530. The molecule has 0 aliphatic heterocycles. The maximum Gasteiger partial charge on any atom is 0.0886 e. The van der Waals surface area contributed by atoms with Crippen molar-refractivity contribution in [3.05, 3.63) is 12.4 Å². The van der Waals surface area contributed by atoms with E-state index in [0.717, 1.165) is 6.54 Å². The Balaban J connectivity index is 2.12. The van der Waals surface area contributed by atoms with Gasteiger partial charge < -0.3 is 11.1 Å². The van der Waals surface area contributed by atoms with E-state index >= 15 is 0 Å². The van der Waals surface area contributed by atoms with Crippen molar-refractivity contribution < 1.29 is 0 Å². The first kappa shape index (κ1) is 6.46. The van der Waals surface area contributed by atoms with Gasteiger partial charge in [-0.3, -0.25) is 0 Å². The Bertz CT molecular complexity index is 125. The second-order valence-corrected chi connectivity index (χ2v) is 3.19. The average Bonchev–Trinajstić information content (AvgIpc) is 2.45. The summed E-state index contributed by atoms with van der Waals surface area (Å²) in [7, 11) is 0. The molecule has 1 saturated carbocycles. The number of hydrogen-bond acceptors (Lipinski definition) is 2. The molecule has 0 atom stereocenters. The predicted octanol–water partition coefficient (Wildman–Crippen LogP) is 0.806. The van der Waals surface area contributed by atoms with Crippen LogP contribution in [0, 0.1) is 5.41 Å². The highest BCUT2D eigenvalue weighted by molar-refractivity contribution is 4.94. The molecule has 1 aliphatic rings. The van der Waals surface area contributed by atoms with Crippen LogP contribution in [-0.4, -0.2) is 6.54 Å². The van der Waals surface area contributed by atoms with Crippen LogP contribution < -0.4 is 11.1 Å². The largest absolute Gasteiger partial charge is 0.386 e. The van der Waals surface area contributed by atoms with Crippen LogP contribution in [0.25, 0.3) is 0 Å². The van der Waals surface area contributed by atoms with Crippen LogP contribution in [0.1, 0.15) is 19.8 Å². The van der Waals surface area contributed by atoms with Crippen LogP contribution in [0.3, 0.4) is 0 Å². The second-order valence-electron chi connectivity index (χ2n) is 3.19. The lowest BCUT2D eigenvalue weighted by molar-refractivity contribution is 0.532. The third-order valence-corrected chi connectivity index (χ3v) is 1.85. The van der Waals surface area contributed by atoms with Gasteiger partial charge in [-0.25, -0.2) is 0 Å². The van der Waals surface area contributed by atoms with E-state index in [1.54, 1.807) is 0 Å². The number of rotatable bonds is 3. The van der Waals surface area contributed by atoms with Gasteiger partial charge in [-0.2, -0.15) is 0 Å². The lowest BCUT2D eigenvalue weighted by Crippen LogP contribution is -2.24. The van der Waals surface area contributed by atoms with Crippen LogP contribution in [0.4, 0.5) is 0 Å². The van der Waals surface area contributed by atoms with E-state index < -0.39 is 0 Å². The Morgan fingerprint density at radius 2 is 2.33 bits per heavy atom. The van der Waals surface area contributed by atoms with E-state index in [1.165, 1.54) is 12.8 Å². The zero-order valence-corrected chi connectivity index (χ0v) is 5.91. The standard InChI is InChI=1S/C7H14N2/c1-6(8)9-5-7(2)3-4-7/h9H,1,3-5,8H2,2H3. The Hall–Kier alpha value is -0.660. The molecular weight excluding hydrogens is 112 g/mol. The molecule has 1 aliphatic carbocycles. The summed E-state index contributed by atoms with van der Waals surface area (Å²) < 4.78 is 0. The molecule has 0 unspecified atom stereocenters. The van der Waals surface area contributed by atoms with Crippen LogP contribution in [-0.2, 0) is 0 Å². The van der Waals surface area contributed by atoms with Gasteiger partial charge in [0, 0.05) is 6.54 Å². The smallest absolute Gasteiger partial charge is 0.0886 e. The van der Waals surface area contributed by atoms with Crippen molar-refractivity contribution in [3.8, 4) is 0 Å². The highest BCUT2D eigenvalue weighted by Gasteiger charge is 2.36. The molecule has 0 saturated heterocycles. The molecule has 52 valence electrons. The summed E-state index contributed by atoms with van der Waals surface area (Å²) in [4.78, 5) is 0. The van der Waals surface area contributed by atoms with Gasteiger partial charge in [-0.15, -0.1) is 0 Å². The number of hydrogen-bond donors (Lipinski definition) is 2. The first-order chi connectivity index (χ1) is 4.12. The third kappa shape index (κ3) is 1.96. The van der Waals surface area contributed by atoms with E-state index in [9.17, 15) is 0 Å². The zero-order valence-electron chi connectivity index (χ0n) is 5.91. The van der Waals surface area contributed by atoms with Crippen LogP contribution in [0.5, 0.6) is 0 Å². The highest BCUT2D eigenvalue weighted by atomic mass is 15.0. The molecule has 0 aromatic heterocycles. The molecule has 9 heavy (non-hydrogen) atoms. The van der Waals surface area contributed by atoms with Crippen molar-refractivity contribution in [2.45, 2.75) is 19.8 Å². The maximum atomic E-state index is 5.32. The molecule has 0 radical (unpaired) electrons. The fourth-order valence-electron chi connectivity index (χ4n) is 0.717. The molecule has 0 aromatic rings. The van der Waals surface area contributed by atoms with Crippen molar-refractivity contribution in [1.82, 2.24) is 5.32 Å². The van der Waals surface area contributed by atoms with Gasteiger partial charge in [-0.1, -0.05) is 13.5 Å². The third-order valence-electron chi connectivity index (χ3n) is 1.85.